The Kier molecular flexibility index (Phi) is 3.66. The molecule has 0 aromatic heterocycles. The number of amides is 1. The first-order valence-electron chi connectivity index (χ1n) is 5.75. The average Bonchev–Trinajstić information content (AvgIpc) is 2.70. The molecule has 1 aliphatic heterocycles. The SMILES string of the molecule is NCC1CC(=O)N(c2ccc(OC(F)(F)F)cc2)C1. The molecular weight excluding hydrogens is 261 g/mol. The van der Waals surface area contributed by atoms with Crippen LogP contribution in [0.5, 0.6) is 5.75 Å². The van der Waals surface area contributed by atoms with Gasteiger partial charge in [-0.05, 0) is 36.7 Å². The number of carbonyl (C=O) groups excluding carboxylic acids is 1. The van der Waals surface area contributed by atoms with E-state index < -0.39 is 6.36 Å². The van der Waals surface area contributed by atoms with Crippen LogP contribution < -0.4 is 15.4 Å². The predicted molar refractivity (Wildman–Crippen MR) is 62.6 cm³/mol. The molecule has 0 saturated carbocycles. The van der Waals surface area contributed by atoms with Crippen molar-refractivity contribution in [2.24, 2.45) is 11.7 Å². The topological polar surface area (TPSA) is 55.6 Å². The second-order valence-corrected chi connectivity index (χ2v) is 4.35. The van der Waals surface area contributed by atoms with Crippen LogP contribution in [0.3, 0.4) is 0 Å². The number of nitrogens with zero attached hydrogens (tertiary/aromatic N) is 1. The molecule has 0 aliphatic carbocycles. The maximum absolute atomic E-state index is 12.0. The number of alkyl halides is 3. The molecule has 0 spiro atoms. The molecule has 2 rings (SSSR count). The van der Waals surface area contributed by atoms with Crippen molar-refractivity contribution in [3.8, 4) is 5.75 Å². The van der Waals surface area contributed by atoms with Crippen LogP contribution in [0.2, 0.25) is 0 Å². The van der Waals surface area contributed by atoms with Crippen LogP contribution in [0.25, 0.3) is 0 Å². The van der Waals surface area contributed by atoms with Gasteiger partial charge in [-0.2, -0.15) is 0 Å². The largest absolute Gasteiger partial charge is 0.573 e. The number of nitrogens with two attached hydrogens (primary N) is 1. The fourth-order valence-electron chi connectivity index (χ4n) is 2.02. The fourth-order valence-corrected chi connectivity index (χ4v) is 2.02. The van der Waals surface area contributed by atoms with E-state index in [0.717, 1.165) is 0 Å². The summed E-state index contributed by atoms with van der Waals surface area (Å²) in [7, 11) is 0. The van der Waals surface area contributed by atoms with E-state index in [1.807, 2.05) is 0 Å². The van der Waals surface area contributed by atoms with Gasteiger partial charge in [-0.1, -0.05) is 0 Å². The second kappa shape index (κ2) is 5.08. The van der Waals surface area contributed by atoms with Crippen LogP contribution in [0.1, 0.15) is 6.42 Å². The predicted octanol–water partition coefficient (Wildman–Crippen LogP) is 1.90. The molecule has 1 heterocycles. The van der Waals surface area contributed by atoms with Crippen molar-refractivity contribution in [2.75, 3.05) is 18.0 Å². The van der Waals surface area contributed by atoms with E-state index in [-0.39, 0.29) is 17.6 Å². The summed E-state index contributed by atoms with van der Waals surface area (Å²) in [6.45, 7) is 0.909. The van der Waals surface area contributed by atoms with Gasteiger partial charge >= 0.3 is 6.36 Å². The van der Waals surface area contributed by atoms with Crippen molar-refractivity contribution in [1.29, 1.82) is 0 Å². The zero-order valence-electron chi connectivity index (χ0n) is 9.98. The third-order valence-corrected chi connectivity index (χ3v) is 2.92. The number of anilines is 1. The molecule has 1 atom stereocenters. The molecule has 1 unspecified atom stereocenters. The van der Waals surface area contributed by atoms with Gasteiger partial charge < -0.3 is 15.4 Å². The summed E-state index contributed by atoms with van der Waals surface area (Å²) in [6.07, 6.45) is -4.34. The van der Waals surface area contributed by atoms with Crippen LogP contribution in [-0.4, -0.2) is 25.4 Å². The molecule has 4 nitrogen and oxygen atoms in total. The van der Waals surface area contributed by atoms with E-state index in [2.05, 4.69) is 4.74 Å². The summed E-state index contributed by atoms with van der Waals surface area (Å²) in [5.41, 5.74) is 6.06. The first-order chi connectivity index (χ1) is 8.89. The standard InChI is InChI=1S/C12H13F3N2O2/c13-12(14,15)19-10-3-1-9(2-4-10)17-7-8(6-16)5-11(17)18/h1-4,8H,5-7,16H2. The Morgan fingerprint density at radius 3 is 2.42 bits per heavy atom. The molecule has 2 N–H and O–H groups in total. The van der Waals surface area contributed by atoms with Gasteiger partial charge in [-0.15, -0.1) is 13.2 Å². The highest BCUT2D eigenvalue weighted by atomic mass is 19.4. The molecule has 19 heavy (non-hydrogen) atoms. The maximum atomic E-state index is 12.0. The normalized spacial score (nSPS) is 19.9. The van der Waals surface area contributed by atoms with Gasteiger partial charge in [0.15, 0.2) is 0 Å². The third-order valence-electron chi connectivity index (χ3n) is 2.92. The molecule has 7 heteroatoms. The number of ether oxygens (including phenoxy) is 1. The lowest BCUT2D eigenvalue weighted by Crippen LogP contribution is -2.25. The number of hydrogen-bond acceptors (Lipinski definition) is 3. The fraction of sp³-hybridized carbons (Fsp3) is 0.417. The number of rotatable bonds is 3. The van der Waals surface area contributed by atoms with E-state index in [0.29, 0.717) is 25.2 Å². The Balaban J connectivity index is 2.08. The minimum absolute atomic E-state index is 0.0695. The van der Waals surface area contributed by atoms with E-state index in [4.69, 9.17) is 5.73 Å². The van der Waals surface area contributed by atoms with E-state index in [1.165, 1.54) is 29.2 Å². The summed E-state index contributed by atoms with van der Waals surface area (Å²) < 4.78 is 39.8. The molecule has 1 saturated heterocycles. The lowest BCUT2D eigenvalue weighted by atomic mass is 10.1. The van der Waals surface area contributed by atoms with Gasteiger partial charge in [-0.25, -0.2) is 0 Å². The van der Waals surface area contributed by atoms with Crippen LogP contribution in [0.15, 0.2) is 24.3 Å². The van der Waals surface area contributed by atoms with Crippen molar-refractivity contribution >= 4 is 11.6 Å². The molecule has 0 radical (unpaired) electrons. The van der Waals surface area contributed by atoms with Crippen LogP contribution in [0.4, 0.5) is 18.9 Å². The van der Waals surface area contributed by atoms with Crippen LogP contribution >= 0.6 is 0 Å². The molecule has 1 aromatic carbocycles. The van der Waals surface area contributed by atoms with Crippen molar-refractivity contribution in [3.63, 3.8) is 0 Å². The minimum Gasteiger partial charge on any atom is -0.406 e. The number of hydrogen-bond donors (Lipinski definition) is 1. The van der Waals surface area contributed by atoms with Crippen molar-refractivity contribution < 1.29 is 22.7 Å². The molecule has 1 aliphatic rings. The Hall–Kier alpha value is -1.76. The summed E-state index contributed by atoms with van der Waals surface area (Å²) in [6, 6.07) is 5.23. The average molecular weight is 274 g/mol. The number of benzene rings is 1. The van der Waals surface area contributed by atoms with Crippen molar-refractivity contribution in [1.82, 2.24) is 0 Å². The Labute approximate surface area is 107 Å². The molecule has 1 amide bonds. The maximum Gasteiger partial charge on any atom is 0.573 e. The van der Waals surface area contributed by atoms with E-state index in [1.54, 1.807) is 0 Å². The van der Waals surface area contributed by atoms with Gasteiger partial charge in [0.25, 0.3) is 0 Å². The molecule has 1 fully saturated rings. The van der Waals surface area contributed by atoms with Gasteiger partial charge in [0, 0.05) is 18.7 Å². The quantitative estimate of drug-likeness (QED) is 0.915. The molecule has 1 aromatic rings. The minimum atomic E-state index is -4.71. The van der Waals surface area contributed by atoms with Crippen LogP contribution in [-0.2, 0) is 4.79 Å². The van der Waals surface area contributed by atoms with E-state index >= 15 is 0 Å². The van der Waals surface area contributed by atoms with Gasteiger partial charge in [0.05, 0.1) is 0 Å². The summed E-state index contributed by atoms with van der Waals surface area (Å²) in [5.74, 6) is -0.281. The highest BCUT2D eigenvalue weighted by Crippen LogP contribution is 2.28. The zero-order chi connectivity index (χ0) is 14.0. The highest BCUT2D eigenvalue weighted by Gasteiger charge is 2.32. The third kappa shape index (κ3) is 3.37. The zero-order valence-corrected chi connectivity index (χ0v) is 9.98. The number of halogens is 3. The summed E-state index contributed by atoms with van der Waals surface area (Å²) in [5, 5.41) is 0. The van der Waals surface area contributed by atoms with Gasteiger partial charge in [0.1, 0.15) is 5.75 Å². The highest BCUT2D eigenvalue weighted by molar-refractivity contribution is 5.95. The van der Waals surface area contributed by atoms with Crippen molar-refractivity contribution in [3.05, 3.63) is 24.3 Å². The lowest BCUT2D eigenvalue weighted by Gasteiger charge is -2.17. The first kappa shape index (κ1) is 13.7. The summed E-state index contributed by atoms with van der Waals surface area (Å²) >= 11 is 0. The molecular formula is C12H13F3N2O2. The monoisotopic (exact) mass is 274 g/mol. The Morgan fingerprint density at radius 2 is 1.95 bits per heavy atom. The lowest BCUT2D eigenvalue weighted by molar-refractivity contribution is -0.274. The first-order valence-corrected chi connectivity index (χ1v) is 5.75. The van der Waals surface area contributed by atoms with Crippen LogP contribution in [0, 0.1) is 5.92 Å². The molecule has 104 valence electrons. The van der Waals surface area contributed by atoms with Crippen molar-refractivity contribution in [2.45, 2.75) is 12.8 Å². The smallest absolute Gasteiger partial charge is 0.406 e. The summed E-state index contributed by atoms with van der Waals surface area (Å²) in [4.78, 5) is 13.2. The molecule has 0 bridgehead atoms. The van der Waals surface area contributed by atoms with Gasteiger partial charge in [0.2, 0.25) is 5.91 Å². The van der Waals surface area contributed by atoms with Gasteiger partial charge in [-0.3, -0.25) is 4.79 Å². The van der Waals surface area contributed by atoms with E-state index in [9.17, 15) is 18.0 Å². The Morgan fingerprint density at radius 1 is 1.32 bits per heavy atom. The Bertz CT molecular complexity index is 459. The number of carbonyl (C=O) groups is 1. The second-order valence-electron chi connectivity index (χ2n) is 4.35.